The van der Waals surface area contributed by atoms with Gasteiger partial charge in [-0.25, -0.2) is 0 Å². The lowest BCUT2D eigenvalue weighted by molar-refractivity contribution is 0.403. The molecule has 0 aliphatic carbocycles. The molecule has 1 aliphatic rings. The molecule has 6 heteroatoms. The van der Waals surface area contributed by atoms with Crippen molar-refractivity contribution in [1.82, 2.24) is 9.55 Å². The lowest BCUT2D eigenvalue weighted by Gasteiger charge is -2.27. The molecule has 2 aromatic carbocycles. The van der Waals surface area contributed by atoms with Gasteiger partial charge in [-0.05, 0) is 48.1 Å². The van der Waals surface area contributed by atoms with E-state index in [1.807, 2.05) is 12.3 Å². The van der Waals surface area contributed by atoms with Crippen LogP contribution in [-0.2, 0) is 6.42 Å². The summed E-state index contributed by atoms with van der Waals surface area (Å²) in [4.78, 5) is 2.71. The van der Waals surface area contributed by atoms with Gasteiger partial charge < -0.3 is 24.3 Å². The average Bonchev–Trinajstić information content (AvgIpc) is 3.30. The smallest absolute Gasteiger partial charge is 0.199 e. The summed E-state index contributed by atoms with van der Waals surface area (Å²) in [5.74, 6) is 1.11. The van der Waals surface area contributed by atoms with Crippen LogP contribution < -0.4 is 9.47 Å². The predicted octanol–water partition coefficient (Wildman–Crippen LogP) is 4.60. The zero-order valence-electron chi connectivity index (χ0n) is 16.3. The molecule has 0 saturated carbocycles. The lowest BCUT2D eigenvalue weighted by Crippen LogP contribution is -2.16. The number of hydrogen-bond donors (Lipinski definition) is 3. The van der Waals surface area contributed by atoms with Crippen LogP contribution in [0.25, 0.3) is 22.0 Å². The standard InChI is InChI=1S/C23H22N2O4/c1-28-15-7-9-18(29-2)16(12-15)19-20(23(27)24-22(19)26)17-8-6-13-4-3-5-14-10-11-25(17)21(13)14/h3-5,7,9-12,17,24,26-27H,6,8H2,1-2H3. The Bertz CT molecular complexity index is 1220. The van der Waals surface area contributed by atoms with Crippen LogP contribution in [0.5, 0.6) is 23.3 Å². The first-order chi connectivity index (χ1) is 14.1. The highest BCUT2D eigenvalue weighted by atomic mass is 16.5. The Morgan fingerprint density at radius 1 is 1.03 bits per heavy atom. The molecule has 2 aromatic heterocycles. The van der Waals surface area contributed by atoms with Gasteiger partial charge in [0, 0.05) is 17.3 Å². The molecule has 148 valence electrons. The van der Waals surface area contributed by atoms with Gasteiger partial charge in [-0.2, -0.15) is 0 Å². The first-order valence-corrected chi connectivity index (χ1v) is 9.57. The van der Waals surface area contributed by atoms with Crippen molar-refractivity contribution in [3.63, 3.8) is 0 Å². The zero-order chi connectivity index (χ0) is 20.1. The summed E-state index contributed by atoms with van der Waals surface area (Å²) in [6.07, 6.45) is 3.76. The van der Waals surface area contributed by atoms with E-state index in [4.69, 9.17) is 9.47 Å². The van der Waals surface area contributed by atoms with E-state index in [2.05, 4.69) is 33.8 Å². The fourth-order valence-corrected chi connectivity index (χ4v) is 4.57. The van der Waals surface area contributed by atoms with Gasteiger partial charge in [-0.1, -0.05) is 18.2 Å². The summed E-state index contributed by atoms with van der Waals surface area (Å²) in [5.41, 5.74) is 4.32. The number of aryl methyl sites for hydroxylation is 1. The number of para-hydroxylation sites is 1. The fourth-order valence-electron chi connectivity index (χ4n) is 4.57. The van der Waals surface area contributed by atoms with Crippen molar-refractivity contribution >= 4 is 10.9 Å². The van der Waals surface area contributed by atoms with Crippen LogP contribution >= 0.6 is 0 Å². The minimum Gasteiger partial charge on any atom is -0.497 e. The van der Waals surface area contributed by atoms with E-state index < -0.39 is 0 Å². The van der Waals surface area contributed by atoms with Gasteiger partial charge in [0.15, 0.2) is 11.8 Å². The predicted molar refractivity (Wildman–Crippen MR) is 111 cm³/mol. The molecule has 0 radical (unpaired) electrons. The van der Waals surface area contributed by atoms with Crippen LogP contribution in [0.3, 0.4) is 0 Å². The third-order valence-electron chi connectivity index (χ3n) is 5.85. The van der Waals surface area contributed by atoms with E-state index in [1.54, 1.807) is 26.4 Å². The number of nitrogens with zero attached hydrogens (tertiary/aromatic N) is 1. The van der Waals surface area contributed by atoms with Crippen molar-refractivity contribution in [3.05, 3.63) is 59.8 Å². The molecule has 29 heavy (non-hydrogen) atoms. The maximum atomic E-state index is 10.8. The van der Waals surface area contributed by atoms with Crippen molar-refractivity contribution in [1.29, 1.82) is 0 Å². The molecular weight excluding hydrogens is 368 g/mol. The number of ether oxygens (including phenoxy) is 2. The number of hydrogen-bond acceptors (Lipinski definition) is 4. The molecule has 3 N–H and O–H groups in total. The highest BCUT2D eigenvalue weighted by Crippen LogP contribution is 2.49. The van der Waals surface area contributed by atoms with E-state index in [1.165, 1.54) is 16.5 Å². The maximum absolute atomic E-state index is 10.8. The van der Waals surface area contributed by atoms with Crippen LogP contribution in [0.4, 0.5) is 0 Å². The van der Waals surface area contributed by atoms with E-state index in [-0.39, 0.29) is 17.8 Å². The van der Waals surface area contributed by atoms with Crippen LogP contribution in [0.15, 0.2) is 48.7 Å². The molecule has 1 atom stereocenters. The molecule has 0 spiro atoms. The second-order valence-corrected chi connectivity index (χ2v) is 7.31. The van der Waals surface area contributed by atoms with Crippen LogP contribution in [0.2, 0.25) is 0 Å². The largest absolute Gasteiger partial charge is 0.497 e. The van der Waals surface area contributed by atoms with Gasteiger partial charge in [0.2, 0.25) is 0 Å². The zero-order valence-corrected chi connectivity index (χ0v) is 16.3. The SMILES string of the molecule is COc1ccc(OC)c(-c2c(O)[nH]c(O)c2C2CCc3cccc4ccn2c34)c1. The molecular formula is C23H22N2O4. The van der Waals surface area contributed by atoms with E-state index in [9.17, 15) is 10.2 Å². The Balaban J connectivity index is 1.75. The highest BCUT2D eigenvalue weighted by Gasteiger charge is 2.31. The number of aromatic amines is 1. The number of nitrogens with one attached hydrogen (secondary N) is 1. The molecule has 1 aliphatic heterocycles. The number of aromatic nitrogens is 2. The van der Waals surface area contributed by atoms with Crippen LogP contribution in [0.1, 0.15) is 23.6 Å². The van der Waals surface area contributed by atoms with Crippen molar-refractivity contribution in [2.24, 2.45) is 0 Å². The van der Waals surface area contributed by atoms with Crippen LogP contribution in [-0.4, -0.2) is 34.0 Å². The third-order valence-corrected chi connectivity index (χ3v) is 5.85. The molecule has 0 saturated heterocycles. The number of rotatable bonds is 4. The van der Waals surface area contributed by atoms with Gasteiger partial charge in [0.25, 0.3) is 0 Å². The van der Waals surface area contributed by atoms with Crippen LogP contribution in [0, 0.1) is 0 Å². The van der Waals surface area contributed by atoms with Gasteiger partial charge in [-0.15, -0.1) is 0 Å². The summed E-state index contributed by atoms with van der Waals surface area (Å²) in [5, 5.41) is 22.6. The Morgan fingerprint density at radius 3 is 2.69 bits per heavy atom. The van der Waals surface area contributed by atoms with Crippen molar-refractivity contribution in [2.45, 2.75) is 18.9 Å². The molecule has 5 rings (SSSR count). The monoisotopic (exact) mass is 390 g/mol. The molecule has 0 fully saturated rings. The summed E-state index contributed by atoms with van der Waals surface area (Å²) in [7, 11) is 3.18. The molecule has 4 aromatic rings. The van der Waals surface area contributed by atoms with Gasteiger partial charge in [0.05, 0.1) is 31.3 Å². The summed E-state index contributed by atoms with van der Waals surface area (Å²) >= 11 is 0. The van der Waals surface area contributed by atoms with E-state index in [0.717, 1.165) is 12.8 Å². The minimum absolute atomic E-state index is 0.0337. The van der Waals surface area contributed by atoms with E-state index in [0.29, 0.717) is 28.2 Å². The number of benzene rings is 2. The number of aromatic hydroxyl groups is 2. The van der Waals surface area contributed by atoms with Gasteiger partial charge >= 0.3 is 0 Å². The molecule has 1 unspecified atom stereocenters. The van der Waals surface area contributed by atoms with Crippen molar-refractivity contribution < 1.29 is 19.7 Å². The van der Waals surface area contributed by atoms with E-state index >= 15 is 0 Å². The number of methoxy groups -OCH3 is 2. The highest BCUT2D eigenvalue weighted by molar-refractivity contribution is 5.86. The molecule has 6 nitrogen and oxygen atoms in total. The maximum Gasteiger partial charge on any atom is 0.199 e. The summed E-state index contributed by atoms with van der Waals surface area (Å²) in [6, 6.07) is 13.7. The van der Waals surface area contributed by atoms with Crippen molar-refractivity contribution in [2.75, 3.05) is 14.2 Å². The summed E-state index contributed by atoms with van der Waals surface area (Å²) in [6.45, 7) is 0. The molecule has 3 heterocycles. The van der Waals surface area contributed by atoms with Gasteiger partial charge in [-0.3, -0.25) is 4.98 Å². The number of H-pyrrole nitrogens is 1. The second kappa shape index (κ2) is 6.51. The normalized spacial score (nSPS) is 15.6. The Morgan fingerprint density at radius 2 is 1.90 bits per heavy atom. The first kappa shape index (κ1) is 17.6. The topological polar surface area (TPSA) is 79.6 Å². The Hall–Kier alpha value is -3.54. The Labute approximate surface area is 167 Å². The fraction of sp³-hybridized carbons (Fsp3) is 0.217. The minimum atomic E-state index is -0.120. The molecule has 0 amide bonds. The molecule has 0 bridgehead atoms. The Kier molecular flexibility index (Phi) is 3.94. The lowest BCUT2D eigenvalue weighted by atomic mass is 9.90. The second-order valence-electron chi connectivity index (χ2n) is 7.31. The quantitative estimate of drug-likeness (QED) is 0.476. The average molecular weight is 390 g/mol. The van der Waals surface area contributed by atoms with Crippen molar-refractivity contribution in [3.8, 4) is 34.4 Å². The summed E-state index contributed by atoms with van der Waals surface area (Å²) < 4.78 is 13.1. The van der Waals surface area contributed by atoms with Gasteiger partial charge in [0.1, 0.15) is 11.5 Å². The first-order valence-electron chi connectivity index (χ1n) is 9.57. The third kappa shape index (κ3) is 2.56.